The van der Waals surface area contributed by atoms with Gasteiger partial charge in [-0.25, -0.2) is 9.50 Å². The lowest BCUT2D eigenvalue weighted by Gasteiger charge is -2.06. The molecule has 6 heteroatoms. The Morgan fingerprint density at radius 2 is 2.19 bits per heavy atom. The highest BCUT2D eigenvalue weighted by Crippen LogP contribution is 2.17. The summed E-state index contributed by atoms with van der Waals surface area (Å²) in [5.74, 6) is 0.574. The van der Waals surface area contributed by atoms with E-state index < -0.39 is 0 Å². The van der Waals surface area contributed by atoms with Crippen LogP contribution in [-0.2, 0) is 6.42 Å². The van der Waals surface area contributed by atoms with Gasteiger partial charge >= 0.3 is 0 Å². The van der Waals surface area contributed by atoms with E-state index in [1.54, 1.807) is 16.6 Å². The highest BCUT2D eigenvalue weighted by atomic mass is 79.9. The fourth-order valence-electron chi connectivity index (χ4n) is 2.02. The lowest BCUT2D eigenvalue weighted by Crippen LogP contribution is -2.12. The number of nitrogens with one attached hydrogen (secondary N) is 1. The van der Waals surface area contributed by atoms with E-state index in [-0.39, 0.29) is 5.91 Å². The number of hydrogen-bond acceptors (Lipinski definition) is 3. The molecule has 0 saturated heterocycles. The van der Waals surface area contributed by atoms with Gasteiger partial charge in [-0.15, -0.1) is 0 Å². The summed E-state index contributed by atoms with van der Waals surface area (Å²) >= 11 is 3.36. The zero-order chi connectivity index (χ0) is 14.8. The second kappa shape index (κ2) is 5.65. The molecule has 0 bridgehead atoms. The maximum absolute atomic E-state index is 12.3. The molecule has 1 aromatic carbocycles. The fraction of sp³-hybridized carbons (Fsp3) is 0.133. The lowest BCUT2D eigenvalue weighted by atomic mass is 10.2. The second-order valence-electron chi connectivity index (χ2n) is 4.54. The molecular weight excluding hydrogens is 332 g/mol. The van der Waals surface area contributed by atoms with E-state index in [2.05, 4.69) is 31.3 Å². The highest BCUT2D eigenvalue weighted by Gasteiger charge is 2.11. The number of pyridine rings is 1. The van der Waals surface area contributed by atoms with E-state index in [4.69, 9.17) is 0 Å². The zero-order valence-corrected chi connectivity index (χ0v) is 13.0. The molecule has 0 spiro atoms. The monoisotopic (exact) mass is 344 g/mol. The predicted molar refractivity (Wildman–Crippen MR) is 84.5 cm³/mol. The number of fused-ring (bicyclic) bond motifs is 1. The van der Waals surface area contributed by atoms with Gasteiger partial charge in [-0.1, -0.05) is 28.9 Å². The summed E-state index contributed by atoms with van der Waals surface area (Å²) < 4.78 is 2.54. The number of carbonyl (C=O) groups excluding carboxylic acids is 1. The number of aryl methyl sites for hydroxylation is 1. The summed E-state index contributed by atoms with van der Waals surface area (Å²) in [6.45, 7) is 1.99. The molecule has 1 N–H and O–H groups in total. The third-order valence-electron chi connectivity index (χ3n) is 3.06. The van der Waals surface area contributed by atoms with Gasteiger partial charge in [-0.3, -0.25) is 4.79 Å². The molecule has 0 unspecified atom stereocenters. The van der Waals surface area contributed by atoms with Crippen LogP contribution < -0.4 is 5.32 Å². The standard InChI is InChI=1S/C15H13BrN4O/c1-2-13-18-14-12(7-4-8-20(14)19-13)17-15(21)10-5-3-6-11(16)9-10/h3-9H,2H2,1H3,(H,17,21). The van der Waals surface area contributed by atoms with Crippen LogP contribution in [0.1, 0.15) is 23.1 Å². The molecule has 0 aliphatic heterocycles. The number of amides is 1. The Morgan fingerprint density at radius 3 is 2.95 bits per heavy atom. The molecule has 106 valence electrons. The van der Waals surface area contributed by atoms with Gasteiger partial charge in [0.2, 0.25) is 0 Å². The van der Waals surface area contributed by atoms with Crippen molar-refractivity contribution in [2.45, 2.75) is 13.3 Å². The van der Waals surface area contributed by atoms with Crippen LogP contribution in [0.4, 0.5) is 5.69 Å². The van der Waals surface area contributed by atoms with E-state index in [0.29, 0.717) is 16.9 Å². The molecular formula is C15H13BrN4O. The maximum atomic E-state index is 12.3. The Balaban J connectivity index is 1.94. The first-order chi connectivity index (χ1) is 10.2. The van der Waals surface area contributed by atoms with Crippen molar-refractivity contribution >= 4 is 33.2 Å². The lowest BCUT2D eigenvalue weighted by molar-refractivity contribution is 0.102. The van der Waals surface area contributed by atoms with Crippen LogP contribution in [0.3, 0.4) is 0 Å². The summed E-state index contributed by atoms with van der Waals surface area (Å²) in [6.07, 6.45) is 2.57. The number of carbonyl (C=O) groups is 1. The SMILES string of the molecule is CCc1nc2c(NC(=O)c3cccc(Br)c3)cccn2n1. The summed E-state index contributed by atoms with van der Waals surface area (Å²) in [7, 11) is 0. The Labute approximate surface area is 130 Å². The predicted octanol–water partition coefficient (Wildman–Crippen LogP) is 3.31. The molecule has 0 saturated carbocycles. The van der Waals surface area contributed by atoms with Gasteiger partial charge in [0.1, 0.15) is 0 Å². The third kappa shape index (κ3) is 2.80. The average Bonchev–Trinajstić information content (AvgIpc) is 2.91. The van der Waals surface area contributed by atoms with Crippen molar-refractivity contribution in [2.24, 2.45) is 0 Å². The average molecular weight is 345 g/mol. The van der Waals surface area contributed by atoms with Crippen molar-refractivity contribution in [1.29, 1.82) is 0 Å². The minimum Gasteiger partial charge on any atom is -0.319 e. The van der Waals surface area contributed by atoms with Crippen LogP contribution in [0.5, 0.6) is 0 Å². The van der Waals surface area contributed by atoms with E-state index >= 15 is 0 Å². The topological polar surface area (TPSA) is 59.3 Å². The molecule has 0 aliphatic rings. The number of halogens is 1. The van der Waals surface area contributed by atoms with Crippen molar-refractivity contribution in [2.75, 3.05) is 5.32 Å². The van der Waals surface area contributed by atoms with Crippen molar-refractivity contribution in [3.05, 3.63) is 58.5 Å². The Bertz CT molecular complexity index is 812. The zero-order valence-electron chi connectivity index (χ0n) is 11.4. The largest absolute Gasteiger partial charge is 0.319 e. The maximum Gasteiger partial charge on any atom is 0.255 e. The molecule has 2 heterocycles. The molecule has 5 nitrogen and oxygen atoms in total. The molecule has 0 radical (unpaired) electrons. The molecule has 3 aromatic rings. The minimum absolute atomic E-state index is 0.176. The fourth-order valence-corrected chi connectivity index (χ4v) is 2.42. The molecule has 0 fully saturated rings. The number of nitrogens with zero attached hydrogens (tertiary/aromatic N) is 3. The number of anilines is 1. The number of rotatable bonds is 3. The number of hydrogen-bond donors (Lipinski definition) is 1. The summed E-state index contributed by atoms with van der Waals surface area (Å²) in [6, 6.07) is 10.9. The van der Waals surface area contributed by atoms with Crippen molar-refractivity contribution in [1.82, 2.24) is 14.6 Å². The van der Waals surface area contributed by atoms with Gasteiger partial charge in [0, 0.05) is 22.7 Å². The Morgan fingerprint density at radius 1 is 1.33 bits per heavy atom. The first kappa shape index (κ1) is 13.8. The summed E-state index contributed by atoms with van der Waals surface area (Å²) in [5.41, 5.74) is 1.88. The van der Waals surface area contributed by atoms with Crippen LogP contribution in [0.2, 0.25) is 0 Å². The van der Waals surface area contributed by atoms with E-state index in [1.165, 1.54) is 0 Å². The van der Waals surface area contributed by atoms with Crippen LogP contribution in [0.25, 0.3) is 5.65 Å². The molecule has 0 aliphatic carbocycles. The van der Waals surface area contributed by atoms with Gasteiger partial charge < -0.3 is 5.32 Å². The van der Waals surface area contributed by atoms with Crippen molar-refractivity contribution in [3.63, 3.8) is 0 Å². The van der Waals surface area contributed by atoms with Gasteiger partial charge in [0.25, 0.3) is 5.91 Å². The van der Waals surface area contributed by atoms with Crippen LogP contribution >= 0.6 is 15.9 Å². The highest BCUT2D eigenvalue weighted by molar-refractivity contribution is 9.10. The molecule has 1 amide bonds. The van der Waals surface area contributed by atoms with Gasteiger partial charge in [-0.05, 0) is 30.3 Å². The Kier molecular flexibility index (Phi) is 3.70. The first-order valence-electron chi connectivity index (χ1n) is 6.58. The summed E-state index contributed by atoms with van der Waals surface area (Å²) in [4.78, 5) is 16.7. The van der Waals surface area contributed by atoms with Gasteiger partial charge in [0.05, 0.1) is 5.69 Å². The van der Waals surface area contributed by atoms with Crippen molar-refractivity contribution < 1.29 is 4.79 Å². The first-order valence-corrected chi connectivity index (χ1v) is 7.38. The van der Waals surface area contributed by atoms with Crippen LogP contribution in [0, 0.1) is 0 Å². The summed E-state index contributed by atoms with van der Waals surface area (Å²) in [5, 5.41) is 7.22. The molecule has 2 aromatic heterocycles. The number of aromatic nitrogens is 3. The Hall–Kier alpha value is -2.21. The van der Waals surface area contributed by atoms with E-state index in [9.17, 15) is 4.79 Å². The van der Waals surface area contributed by atoms with Gasteiger partial charge in [0.15, 0.2) is 11.5 Å². The second-order valence-corrected chi connectivity index (χ2v) is 5.45. The van der Waals surface area contributed by atoms with E-state index in [1.807, 2.05) is 37.4 Å². The number of benzene rings is 1. The van der Waals surface area contributed by atoms with E-state index in [0.717, 1.165) is 16.7 Å². The molecule has 0 atom stereocenters. The smallest absolute Gasteiger partial charge is 0.255 e. The van der Waals surface area contributed by atoms with Crippen molar-refractivity contribution in [3.8, 4) is 0 Å². The minimum atomic E-state index is -0.176. The quantitative estimate of drug-likeness (QED) is 0.792. The van der Waals surface area contributed by atoms with Gasteiger partial charge in [-0.2, -0.15) is 5.10 Å². The molecule has 21 heavy (non-hydrogen) atoms. The third-order valence-corrected chi connectivity index (χ3v) is 3.55. The van der Waals surface area contributed by atoms with Crippen LogP contribution in [0.15, 0.2) is 47.1 Å². The normalized spacial score (nSPS) is 10.8. The van der Waals surface area contributed by atoms with Crippen LogP contribution in [-0.4, -0.2) is 20.5 Å². The molecule has 3 rings (SSSR count).